The van der Waals surface area contributed by atoms with Gasteiger partial charge in [0, 0.05) is 6.20 Å². The van der Waals surface area contributed by atoms with Gasteiger partial charge < -0.3 is 5.32 Å². The van der Waals surface area contributed by atoms with E-state index in [1.165, 1.54) is 12.3 Å². The zero-order valence-corrected chi connectivity index (χ0v) is 11.3. The summed E-state index contributed by atoms with van der Waals surface area (Å²) in [5, 5.41) is 2.88. The molecule has 1 atom stereocenters. The van der Waals surface area contributed by atoms with Gasteiger partial charge in [-0.15, -0.1) is 0 Å². The summed E-state index contributed by atoms with van der Waals surface area (Å²) in [5.74, 6) is -1.01. The highest BCUT2D eigenvalue weighted by Crippen LogP contribution is 2.19. The van der Waals surface area contributed by atoms with Crippen LogP contribution < -0.4 is 5.32 Å². The predicted molar refractivity (Wildman–Crippen MR) is 75.8 cm³/mol. The molecule has 104 valence electrons. The van der Waals surface area contributed by atoms with Crippen molar-refractivity contribution in [3.05, 3.63) is 65.7 Å². The molecule has 1 aromatic heterocycles. The monoisotopic (exact) mass is 272 g/mol. The lowest BCUT2D eigenvalue weighted by molar-refractivity contribution is 0.0930. The Labute approximate surface area is 117 Å². The van der Waals surface area contributed by atoms with Gasteiger partial charge in [-0.3, -0.25) is 9.78 Å². The molecule has 1 N–H and O–H groups in total. The van der Waals surface area contributed by atoms with Crippen molar-refractivity contribution in [1.29, 1.82) is 0 Å². The summed E-state index contributed by atoms with van der Waals surface area (Å²) in [7, 11) is 0. The number of carbonyl (C=O) groups excluding carboxylic acids is 1. The number of hydrogen-bond donors (Lipinski definition) is 1. The first-order valence-electron chi connectivity index (χ1n) is 6.67. The molecule has 0 bridgehead atoms. The normalized spacial score (nSPS) is 11.9. The lowest BCUT2D eigenvalue weighted by Gasteiger charge is -2.18. The fourth-order valence-corrected chi connectivity index (χ4v) is 2.09. The molecule has 0 radical (unpaired) electrons. The Hall–Kier alpha value is -2.23. The lowest BCUT2D eigenvalue weighted by Crippen LogP contribution is -2.29. The average molecular weight is 272 g/mol. The fraction of sp³-hybridized carbons (Fsp3) is 0.250. The van der Waals surface area contributed by atoms with Crippen molar-refractivity contribution >= 4 is 5.91 Å². The molecule has 0 saturated carbocycles. The Bertz CT molecular complexity index is 572. The van der Waals surface area contributed by atoms with Crippen LogP contribution in [0, 0.1) is 5.82 Å². The minimum absolute atomic E-state index is 0.0250. The van der Waals surface area contributed by atoms with Gasteiger partial charge in [0.15, 0.2) is 5.82 Å². The van der Waals surface area contributed by atoms with Crippen molar-refractivity contribution in [2.75, 3.05) is 0 Å². The second-order valence-electron chi connectivity index (χ2n) is 4.58. The third-order valence-electron chi connectivity index (χ3n) is 3.10. The van der Waals surface area contributed by atoms with Crippen molar-refractivity contribution in [1.82, 2.24) is 10.3 Å². The zero-order valence-electron chi connectivity index (χ0n) is 11.3. The quantitative estimate of drug-likeness (QED) is 0.905. The highest BCUT2D eigenvalue weighted by molar-refractivity contribution is 5.94. The van der Waals surface area contributed by atoms with Crippen LogP contribution in [0.1, 0.15) is 41.7 Å². The van der Waals surface area contributed by atoms with Crippen LogP contribution in [0.3, 0.4) is 0 Å². The van der Waals surface area contributed by atoms with E-state index in [9.17, 15) is 9.18 Å². The second-order valence-corrected chi connectivity index (χ2v) is 4.58. The molecule has 1 amide bonds. The molecule has 1 heterocycles. The number of nitrogens with zero attached hydrogens (tertiary/aromatic N) is 1. The van der Waals surface area contributed by atoms with Crippen LogP contribution >= 0.6 is 0 Å². The first kappa shape index (κ1) is 14.2. The molecule has 1 aromatic carbocycles. The van der Waals surface area contributed by atoms with Gasteiger partial charge >= 0.3 is 0 Å². The molecule has 2 aromatic rings. The van der Waals surface area contributed by atoms with Crippen molar-refractivity contribution in [3.63, 3.8) is 0 Å². The molecular weight excluding hydrogens is 255 g/mol. The van der Waals surface area contributed by atoms with Gasteiger partial charge in [-0.1, -0.05) is 43.7 Å². The summed E-state index contributed by atoms with van der Waals surface area (Å²) in [6, 6.07) is 11.0. The number of halogens is 1. The van der Waals surface area contributed by atoms with Gasteiger partial charge in [-0.05, 0) is 18.1 Å². The van der Waals surface area contributed by atoms with Gasteiger partial charge in [0.2, 0.25) is 0 Å². The van der Waals surface area contributed by atoms with Crippen molar-refractivity contribution < 1.29 is 9.18 Å². The Kier molecular flexibility index (Phi) is 4.82. The summed E-state index contributed by atoms with van der Waals surface area (Å²) in [6.07, 6.45) is 4.20. The molecular formula is C16H17FN2O. The smallest absolute Gasteiger partial charge is 0.254 e. The van der Waals surface area contributed by atoms with Crippen molar-refractivity contribution in [2.45, 2.75) is 25.8 Å². The molecule has 4 heteroatoms. The molecule has 0 aliphatic rings. The van der Waals surface area contributed by atoms with E-state index in [0.29, 0.717) is 0 Å². The number of pyridine rings is 1. The Morgan fingerprint density at radius 2 is 2.05 bits per heavy atom. The average Bonchev–Trinajstić information content (AvgIpc) is 2.48. The number of hydrogen-bond acceptors (Lipinski definition) is 2. The maximum atomic E-state index is 13.6. The summed E-state index contributed by atoms with van der Waals surface area (Å²) in [6.45, 7) is 2.05. The topological polar surface area (TPSA) is 42.0 Å². The first-order chi connectivity index (χ1) is 9.72. The summed E-state index contributed by atoms with van der Waals surface area (Å²) < 4.78 is 13.6. The summed E-state index contributed by atoms with van der Waals surface area (Å²) >= 11 is 0. The summed E-state index contributed by atoms with van der Waals surface area (Å²) in [5.41, 5.74) is 1.05. The number of carbonyl (C=O) groups is 1. The van der Waals surface area contributed by atoms with Gasteiger partial charge in [-0.25, -0.2) is 4.39 Å². The number of aromatic nitrogens is 1. The minimum Gasteiger partial charge on any atom is -0.345 e. The molecule has 20 heavy (non-hydrogen) atoms. The highest BCUT2D eigenvalue weighted by atomic mass is 19.1. The first-order valence-corrected chi connectivity index (χ1v) is 6.67. The van der Waals surface area contributed by atoms with Gasteiger partial charge in [0.05, 0.1) is 17.8 Å². The Morgan fingerprint density at radius 1 is 1.30 bits per heavy atom. The standard InChI is InChI=1S/C16H17FN2O/c1-2-6-15(12-7-4-3-5-8-12)19-16(20)13-9-10-18-11-14(13)17/h3-5,7-11,15H,2,6H2,1H3,(H,19,20). The van der Waals surface area contributed by atoms with E-state index in [1.54, 1.807) is 0 Å². The van der Waals surface area contributed by atoms with Gasteiger partial charge in [0.1, 0.15) is 0 Å². The van der Waals surface area contributed by atoms with Crippen LogP contribution in [-0.4, -0.2) is 10.9 Å². The molecule has 0 saturated heterocycles. The largest absolute Gasteiger partial charge is 0.345 e. The SMILES string of the molecule is CCCC(NC(=O)c1ccncc1F)c1ccccc1. The maximum absolute atomic E-state index is 13.6. The third-order valence-corrected chi connectivity index (χ3v) is 3.10. The van der Waals surface area contributed by atoms with E-state index in [1.807, 2.05) is 30.3 Å². The molecule has 0 fully saturated rings. The van der Waals surface area contributed by atoms with E-state index in [-0.39, 0.29) is 11.6 Å². The number of nitrogens with one attached hydrogen (secondary N) is 1. The van der Waals surface area contributed by atoms with Crippen LogP contribution in [-0.2, 0) is 0 Å². The molecule has 1 unspecified atom stereocenters. The number of rotatable bonds is 5. The highest BCUT2D eigenvalue weighted by Gasteiger charge is 2.17. The Morgan fingerprint density at radius 3 is 2.70 bits per heavy atom. The molecule has 0 spiro atoms. The zero-order chi connectivity index (χ0) is 14.4. The van der Waals surface area contributed by atoms with E-state index >= 15 is 0 Å². The van der Waals surface area contributed by atoms with Crippen molar-refractivity contribution in [2.24, 2.45) is 0 Å². The molecule has 0 aliphatic heterocycles. The number of benzene rings is 1. The van der Waals surface area contributed by atoms with Crippen LogP contribution in [0.15, 0.2) is 48.8 Å². The van der Waals surface area contributed by atoms with Crippen molar-refractivity contribution in [3.8, 4) is 0 Å². The summed E-state index contributed by atoms with van der Waals surface area (Å²) in [4.78, 5) is 15.8. The van der Waals surface area contributed by atoms with Crippen LogP contribution in [0.2, 0.25) is 0 Å². The van der Waals surface area contributed by atoms with Crippen LogP contribution in [0.25, 0.3) is 0 Å². The van der Waals surface area contributed by atoms with E-state index in [4.69, 9.17) is 0 Å². The van der Waals surface area contributed by atoms with E-state index in [0.717, 1.165) is 24.6 Å². The minimum atomic E-state index is -0.603. The molecule has 2 rings (SSSR count). The molecule has 0 aliphatic carbocycles. The Balaban J connectivity index is 2.17. The van der Waals surface area contributed by atoms with E-state index < -0.39 is 11.7 Å². The van der Waals surface area contributed by atoms with Gasteiger partial charge in [-0.2, -0.15) is 0 Å². The predicted octanol–water partition coefficient (Wildman–Crippen LogP) is 3.49. The van der Waals surface area contributed by atoms with Crippen LogP contribution in [0.5, 0.6) is 0 Å². The van der Waals surface area contributed by atoms with Gasteiger partial charge in [0.25, 0.3) is 5.91 Å². The van der Waals surface area contributed by atoms with Crippen LogP contribution in [0.4, 0.5) is 4.39 Å². The lowest BCUT2D eigenvalue weighted by atomic mass is 10.0. The maximum Gasteiger partial charge on any atom is 0.254 e. The fourth-order valence-electron chi connectivity index (χ4n) is 2.09. The third kappa shape index (κ3) is 3.41. The molecule has 3 nitrogen and oxygen atoms in total. The second kappa shape index (κ2) is 6.80. The van der Waals surface area contributed by atoms with E-state index in [2.05, 4.69) is 17.2 Å². The number of amides is 1.